The van der Waals surface area contributed by atoms with Crippen LogP contribution in [0.3, 0.4) is 0 Å². The summed E-state index contributed by atoms with van der Waals surface area (Å²) < 4.78 is 5.18. The van der Waals surface area contributed by atoms with E-state index < -0.39 is 11.9 Å². The predicted molar refractivity (Wildman–Crippen MR) is 78.1 cm³/mol. The summed E-state index contributed by atoms with van der Waals surface area (Å²) >= 11 is 0. The molecule has 2 rings (SSSR count). The van der Waals surface area contributed by atoms with Crippen molar-refractivity contribution in [2.45, 2.75) is 13.5 Å². The van der Waals surface area contributed by atoms with Gasteiger partial charge in [-0.15, -0.1) is 0 Å². The van der Waals surface area contributed by atoms with E-state index in [0.717, 1.165) is 5.56 Å². The Balaban J connectivity index is 2.02. The second kappa shape index (κ2) is 6.09. The van der Waals surface area contributed by atoms with Crippen LogP contribution in [0.25, 0.3) is 0 Å². The van der Waals surface area contributed by atoms with Crippen molar-refractivity contribution in [2.75, 3.05) is 5.73 Å². The second-order valence-corrected chi connectivity index (χ2v) is 4.71. The molecule has 0 spiro atoms. The first-order chi connectivity index (χ1) is 9.95. The van der Waals surface area contributed by atoms with Crippen LogP contribution in [0.2, 0.25) is 0 Å². The minimum absolute atomic E-state index is 0.0760. The quantitative estimate of drug-likeness (QED) is 0.665. The SMILES string of the molecule is Cc1cc(N)cc(C(=O)OCc2ccc(C(=O)O)cc2)c1. The van der Waals surface area contributed by atoms with Crippen LogP contribution in [0, 0.1) is 6.92 Å². The van der Waals surface area contributed by atoms with Crippen LogP contribution in [0.15, 0.2) is 42.5 Å². The third-order valence-corrected chi connectivity index (χ3v) is 2.91. The van der Waals surface area contributed by atoms with Gasteiger partial charge >= 0.3 is 11.9 Å². The normalized spacial score (nSPS) is 10.1. The third kappa shape index (κ3) is 3.82. The fourth-order valence-corrected chi connectivity index (χ4v) is 1.91. The molecule has 0 bridgehead atoms. The topological polar surface area (TPSA) is 89.6 Å². The number of hydrogen-bond acceptors (Lipinski definition) is 4. The van der Waals surface area contributed by atoms with E-state index in [4.69, 9.17) is 15.6 Å². The first kappa shape index (κ1) is 14.6. The van der Waals surface area contributed by atoms with Crippen LogP contribution >= 0.6 is 0 Å². The van der Waals surface area contributed by atoms with E-state index in [1.54, 1.807) is 30.3 Å². The molecule has 0 aromatic heterocycles. The molecule has 2 aromatic carbocycles. The standard InChI is InChI=1S/C16H15NO4/c1-10-6-13(8-14(17)7-10)16(20)21-9-11-2-4-12(5-3-11)15(18)19/h2-8H,9,17H2,1H3,(H,18,19). The van der Waals surface area contributed by atoms with Gasteiger partial charge in [0.25, 0.3) is 0 Å². The van der Waals surface area contributed by atoms with Gasteiger partial charge in [-0.1, -0.05) is 12.1 Å². The van der Waals surface area contributed by atoms with Crippen LogP contribution in [0.1, 0.15) is 31.8 Å². The Labute approximate surface area is 122 Å². The highest BCUT2D eigenvalue weighted by molar-refractivity contribution is 5.90. The van der Waals surface area contributed by atoms with E-state index in [9.17, 15) is 9.59 Å². The van der Waals surface area contributed by atoms with Crippen LogP contribution in [0.5, 0.6) is 0 Å². The zero-order valence-electron chi connectivity index (χ0n) is 11.5. The molecule has 0 atom stereocenters. The molecule has 2 aromatic rings. The number of carboxylic acid groups (broad SMARTS) is 1. The summed E-state index contributed by atoms with van der Waals surface area (Å²) in [5, 5.41) is 8.80. The summed E-state index contributed by atoms with van der Waals surface area (Å²) in [5.41, 5.74) is 8.38. The monoisotopic (exact) mass is 285 g/mol. The van der Waals surface area contributed by atoms with Crippen molar-refractivity contribution in [3.63, 3.8) is 0 Å². The number of nitrogens with two attached hydrogens (primary N) is 1. The molecule has 108 valence electrons. The molecule has 0 amide bonds. The van der Waals surface area contributed by atoms with Crippen molar-refractivity contribution < 1.29 is 19.4 Å². The fraction of sp³-hybridized carbons (Fsp3) is 0.125. The van der Waals surface area contributed by atoms with Crippen LogP contribution in [-0.4, -0.2) is 17.0 Å². The lowest BCUT2D eigenvalue weighted by atomic mass is 10.1. The highest BCUT2D eigenvalue weighted by atomic mass is 16.5. The molecule has 0 saturated carbocycles. The maximum Gasteiger partial charge on any atom is 0.338 e. The van der Waals surface area contributed by atoms with E-state index in [2.05, 4.69) is 0 Å². The summed E-state index contributed by atoms with van der Waals surface area (Å²) in [7, 11) is 0. The third-order valence-electron chi connectivity index (χ3n) is 2.91. The van der Waals surface area contributed by atoms with Gasteiger partial charge in [-0.3, -0.25) is 0 Å². The molecule has 21 heavy (non-hydrogen) atoms. The number of hydrogen-bond donors (Lipinski definition) is 2. The Kier molecular flexibility index (Phi) is 4.23. The lowest BCUT2D eigenvalue weighted by Gasteiger charge is -2.07. The van der Waals surface area contributed by atoms with E-state index in [1.807, 2.05) is 6.92 Å². The number of nitrogen functional groups attached to an aromatic ring is 1. The van der Waals surface area contributed by atoms with Crippen LogP contribution < -0.4 is 5.73 Å². The summed E-state index contributed by atoms with van der Waals surface area (Å²) in [5.74, 6) is -1.46. The highest BCUT2D eigenvalue weighted by Gasteiger charge is 2.09. The number of rotatable bonds is 4. The fourth-order valence-electron chi connectivity index (χ4n) is 1.91. The second-order valence-electron chi connectivity index (χ2n) is 4.71. The van der Waals surface area contributed by atoms with Gasteiger partial charge in [-0.2, -0.15) is 0 Å². The summed E-state index contributed by atoms with van der Waals surface area (Å²) in [6, 6.07) is 11.2. The molecular weight excluding hydrogens is 270 g/mol. The van der Waals surface area contributed by atoms with E-state index in [1.165, 1.54) is 12.1 Å². The van der Waals surface area contributed by atoms with E-state index in [0.29, 0.717) is 16.8 Å². The van der Waals surface area contributed by atoms with Crippen LogP contribution in [0.4, 0.5) is 5.69 Å². The number of carbonyl (C=O) groups is 2. The molecule has 3 N–H and O–H groups in total. The molecule has 0 heterocycles. The van der Waals surface area contributed by atoms with E-state index in [-0.39, 0.29) is 12.2 Å². The molecular formula is C16H15NO4. The van der Waals surface area contributed by atoms with Gasteiger partial charge in [0.2, 0.25) is 0 Å². The number of esters is 1. The van der Waals surface area contributed by atoms with Crippen molar-refractivity contribution >= 4 is 17.6 Å². The number of anilines is 1. The number of benzene rings is 2. The number of aromatic carboxylic acids is 1. The minimum atomic E-state index is -0.992. The average molecular weight is 285 g/mol. The number of ether oxygens (including phenoxy) is 1. The largest absolute Gasteiger partial charge is 0.478 e. The lowest BCUT2D eigenvalue weighted by Crippen LogP contribution is -2.06. The van der Waals surface area contributed by atoms with Gasteiger partial charge in [0.05, 0.1) is 11.1 Å². The number of carboxylic acids is 1. The van der Waals surface area contributed by atoms with Crippen molar-refractivity contribution in [1.82, 2.24) is 0 Å². The van der Waals surface area contributed by atoms with Gasteiger partial charge in [0.1, 0.15) is 6.61 Å². The first-order valence-corrected chi connectivity index (χ1v) is 6.32. The Morgan fingerprint density at radius 1 is 1.10 bits per heavy atom. The zero-order valence-corrected chi connectivity index (χ0v) is 11.5. The first-order valence-electron chi connectivity index (χ1n) is 6.32. The molecule has 0 aliphatic heterocycles. The number of aryl methyl sites for hydroxylation is 1. The number of carbonyl (C=O) groups excluding carboxylic acids is 1. The molecule has 0 unspecified atom stereocenters. The Hall–Kier alpha value is -2.82. The van der Waals surface area contributed by atoms with Gasteiger partial charge in [-0.25, -0.2) is 9.59 Å². The minimum Gasteiger partial charge on any atom is -0.478 e. The molecule has 0 aliphatic rings. The maximum atomic E-state index is 11.9. The lowest BCUT2D eigenvalue weighted by molar-refractivity contribution is 0.0472. The predicted octanol–water partition coefficient (Wildman–Crippen LogP) is 2.63. The van der Waals surface area contributed by atoms with Crippen molar-refractivity contribution in [1.29, 1.82) is 0 Å². The molecule has 0 saturated heterocycles. The summed E-state index contributed by atoms with van der Waals surface area (Å²) in [6.07, 6.45) is 0. The zero-order chi connectivity index (χ0) is 15.4. The average Bonchev–Trinajstić information content (AvgIpc) is 2.44. The Morgan fingerprint density at radius 2 is 1.76 bits per heavy atom. The summed E-state index contributed by atoms with van der Waals surface area (Å²) in [6.45, 7) is 1.92. The van der Waals surface area contributed by atoms with Gasteiger partial charge in [0.15, 0.2) is 0 Å². The van der Waals surface area contributed by atoms with Gasteiger partial charge in [0, 0.05) is 5.69 Å². The molecule has 0 aliphatic carbocycles. The van der Waals surface area contributed by atoms with Crippen molar-refractivity contribution in [2.24, 2.45) is 0 Å². The Bertz CT molecular complexity index is 657. The maximum absolute atomic E-state index is 11.9. The van der Waals surface area contributed by atoms with Gasteiger partial charge < -0.3 is 15.6 Å². The molecule has 0 fully saturated rings. The molecule has 0 radical (unpaired) electrons. The smallest absolute Gasteiger partial charge is 0.338 e. The van der Waals surface area contributed by atoms with Crippen molar-refractivity contribution in [3.05, 3.63) is 64.7 Å². The Morgan fingerprint density at radius 3 is 2.33 bits per heavy atom. The summed E-state index contributed by atoms with van der Waals surface area (Å²) in [4.78, 5) is 22.7. The van der Waals surface area contributed by atoms with Crippen molar-refractivity contribution in [3.8, 4) is 0 Å². The molecule has 5 nitrogen and oxygen atoms in total. The highest BCUT2D eigenvalue weighted by Crippen LogP contribution is 2.13. The van der Waals surface area contributed by atoms with Crippen LogP contribution in [-0.2, 0) is 11.3 Å². The molecule has 5 heteroatoms. The van der Waals surface area contributed by atoms with E-state index >= 15 is 0 Å². The van der Waals surface area contributed by atoms with Gasteiger partial charge in [-0.05, 0) is 48.4 Å².